The van der Waals surface area contributed by atoms with Crippen LogP contribution in [0, 0.1) is 0 Å². The molecular weight excluding hydrogens is 255 g/mol. The van der Waals surface area contributed by atoms with Crippen LogP contribution in [-0.2, 0) is 0 Å². The maximum Gasteiger partial charge on any atom is 0.573 e. The van der Waals surface area contributed by atoms with Gasteiger partial charge in [0.2, 0.25) is 0 Å². The second-order valence-electron chi connectivity index (χ2n) is 3.86. The largest absolute Gasteiger partial charge is 0.573 e. The molecular formula is C11H11ClF3NO. The second-order valence-corrected chi connectivity index (χ2v) is 4.26. The van der Waals surface area contributed by atoms with E-state index >= 15 is 0 Å². The number of nitrogens with zero attached hydrogens (tertiary/aromatic N) is 1. The van der Waals surface area contributed by atoms with Crippen LogP contribution in [0.5, 0.6) is 5.75 Å². The predicted molar refractivity (Wildman–Crippen MR) is 59.6 cm³/mol. The Kier molecular flexibility index (Phi) is 3.38. The van der Waals surface area contributed by atoms with Crippen LogP contribution in [0.4, 0.5) is 18.9 Å². The van der Waals surface area contributed by atoms with E-state index in [0.29, 0.717) is 0 Å². The molecule has 0 bridgehead atoms. The Morgan fingerprint density at radius 2 is 1.82 bits per heavy atom. The SMILES string of the molecule is FC(F)(F)Oc1ccc(N2CCCC2)c(Cl)c1. The fraction of sp³-hybridized carbons (Fsp3) is 0.455. The van der Waals surface area contributed by atoms with Crippen molar-refractivity contribution >= 4 is 17.3 Å². The molecule has 0 unspecified atom stereocenters. The molecule has 1 aliphatic heterocycles. The zero-order valence-corrected chi connectivity index (χ0v) is 9.68. The van der Waals surface area contributed by atoms with Gasteiger partial charge in [0.15, 0.2) is 0 Å². The van der Waals surface area contributed by atoms with E-state index in [1.54, 1.807) is 6.07 Å². The van der Waals surface area contributed by atoms with Gasteiger partial charge in [0.25, 0.3) is 0 Å². The van der Waals surface area contributed by atoms with Gasteiger partial charge in [0, 0.05) is 19.2 Å². The highest BCUT2D eigenvalue weighted by atomic mass is 35.5. The number of benzene rings is 1. The van der Waals surface area contributed by atoms with Crippen molar-refractivity contribution < 1.29 is 17.9 Å². The lowest BCUT2D eigenvalue weighted by atomic mass is 10.3. The van der Waals surface area contributed by atoms with Gasteiger partial charge >= 0.3 is 6.36 Å². The average Bonchev–Trinajstić information content (AvgIpc) is 2.68. The van der Waals surface area contributed by atoms with E-state index in [1.165, 1.54) is 12.1 Å². The molecule has 94 valence electrons. The minimum atomic E-state index is -4.68. The van der Waals surface area contributed by atoms with Crippen LogP contribution < -0.4 is 9.64 Å². The van der Waals surface area contributed by atoms with Gasteiger partial charge in [-0.2, -0.15) is 0 Å². The van der Waals surface area contributed by atoms with Crippen molar-refractivity contribution in [2.45, 2.75) is 19.2 Å². The average molecular weight is 266 g/mol. The maximum atomic E-state index is 12.0. The summed E-state index contributed by atoms with van der Waals surface area (Å²) in [5, 5.41) is 0.286. The van der Waals surface area contributed by atoms with E-state index in [0.717, 1.165) is 31.6 Å². The zero-order chi connectivity index (χ0) is 12.5. The summed E-state index contributed by atoms with van der Waals surface area (Å²) in [5.74, 6) is -0.287. The highest BCUT2D eigenvalue weighted by molar-refractivity contribution is 6.33. The highest BCUT2D eigenvalue weighted by Gasteiger charge is 2.31. The molecule has 1 aliphatic rings. The van der Waals surface area contributed by atoms with Crippen molar-refractivity contribution in [3.8, 4) is 5.75 Å². The Morgan fingerprint density at radius 1 is 1.18 bits per heavy atom. The predicted octanol–water partition coefficient (Wildman–Crippen LogP) is 3.84. The molecule has 0 amide bonds. The van der Waals surface area contributed by atoms with Gasteiger partial charge in [-0.3, -0.25) is 0 Å². The quantitative estimate of drug-likeness (QED) is 0.806. The molecule has 0 aliphatic carbocycles. The molecule has 17 heavy (non-hydrogen) atoms. The molecule has 1 aromatic rings. The Hall–Kier alpha value is -1.10. The topological polar surface area (TPSA) is 12.5 Å². The summed E-state index contributed by atoms with van der Waals surface area (Å²) in [6.07, 6.45) is -2.52. The summed E-state index contributed by atoms with van der Waals surface area (Å²) in [4.78, 5) is 2.06. The van der Waals surface area contributed by atoms with Crippen molar-refractivity contribution in [3.05, 3.63) is 23.2 Å². The molecule has 1 heterocycles. The van der Waals surface area contributed by atoms with E-state index < -0.39 is 6.36 Å². The summed E-state index contributed by atoms with van der Waals surface area (Å²) in [6, 6.07) is 4.05. The van der Waals surface area contributed by atoms with Crippen molar-refractivity contribution in [2.75, 3.05) is 18.0 Å². The number of ether oxygens (including phenoxy) is 1. The van der Waals surface area contributed by atoms with E-state index in [2.05, 4.69) is 9.64 Å². The zero-order valence-electron chi connectivity index (χ0n) is 8.93. The third-order valence-electron chi connectivity index (χ3n) is 2.60. The molecule has 0 aromatic heterocycles. The Bertz CT molecular complexity index is 402. The number of hydrogen-bond donors (Lipinski definition) is 0. The molecule has 1 saturated heterocycles. The van der Waals surface area contributed by atoms with Gasteiger partial charge < -0.3 is 9.64 Å². The van der Waals surface area contributed by atoms with Gasteiger partial charge in [-0.1, -0.05) is 11.6 Å². The third kappa shape index (κ3) is 3.19. The molecule has 2 rings (SSSR count). The molecule has 2 nitrogen and oxygen atoms in total. The number of hydrogen-bond acceptors (Lipinski definition) is 2. The summed E-state index contributed by atoms with van der Waals surface area (Å²) >= 11 is 5.95. The van der Waals surface area contributed by atoms with Crippen LogP contribution in [0.3, 0.4) is 0 Å². The normalized spacial score (nSPS) is 16.4. The van der Waals surface area contributed by atoms with Crippen LogP contribution >= 0.6 is 11.6 Å². The van der Waals surface area contributed by atoms with E-state index in [9.17, 15) is 13.2 Å². The maximum absolute atomic E-state index is 12.0. The first-order chi connectivity index (χ1) is 7.96. The van der Waals surface area contributed by atoms with Crippen LogP contribution in [0.25, 0.3) is 0 Å². The van der Waals surface area contributed by atoms with Crippen molar-refractivity contribution in [3.63, 3.8) is 0 Å². The monoisotopic (exact) mass is 265 g/mol. The number of alkyl halides is 3. The second kappa shape index (κ2) is 4.64. The van der Waals surface area contributed by atoms with E-state index in [4.69, 9.17) is 11.6 Å². The summed E-state index contributed by atoms with van der Waals surface area (Å²) < 4.78 is 39.8. The summed E-state index contributed by atoms with van der Waals surface area (Å²) in [7, 11) is 0. The first-order valence-electron chi connectivity index (χ1n) is 5.26. The Balaban J connectivity index is 2.16. The van der Waals surface area contributed by atoms with Crippen molar-refractivity contribution in [1.29, 1.82) is 0 Å². The first-order valence-corrected chi connectivity index (χ1v) is 5.64. The first kappa shape index (κ1) is 12.4. The van der Waals surface area contributed by atoms with Gasteiger partial charge in [-0.05, 0) is 25.0 Å². The lowest BCUT2D eigenvalue weighted by Gasteiger charge is -2.19. The number of halogens is 4. The number of anilines is 1. The molecule has 0 N–H and O–H groups in total. The lowest BCUT2D eigenvalue weighted by molar-refractivity contribution is -0.274. The molecule has 1 fully saturated rings. The molecule has 0 atom stereocenters. The van der Waals surface area contributed by atoms with Crippen LogP contribution in [-0.4, -0.2) is 19.5 Å². The lowest BCUT2D eigenvalue weighted by Crippen LogP contribution is -2.19. The molecule has 0 saturated carbocycles. The third-order valence-corrected chi connectivity index (χ3v) is 2.90. The van der Waals surface area contributed by atoms with E-state index in [1.807, 2.05) is 0 Å². The van der Waals surface area contributed by atoms with Crippen LogP contribution in [0.2, 0.25) is 5.02 Å². The van der Waals surface area contributed by atoms with Gasteiger partial charge in [0.05, 0.1) is 10.7 Å². The van der Waals surface area contributed by atoms with Gasteiger partial charge in [-0.25, -0.2) is 0 Å². The van der Waals surface area contributed by atoms with Crippen molar-refractivity contribution in [2.24, 2.45) is 0 Å². The van der Waals surface area contributed by atoms with Crippen molar-refractivity contribution in [1.82, 2.24) is 0 Å². The van der Waals surface area contributed by atoms with E-state index in [-0.39, 0.29) is 10.8 Å². The fourth-order valence-corrected chi connectivity index (χ4v) is 2.19. The molecule has 0 radical (unpaired) electrons. The highest BCUT2D eigenvalue weighted by Crippen LogP contribution is 2.33. The minimum Gasteiger partial charge on any atom is -0.406 e. The fourth-order valence-electron chi connectivity index (χ4n) is 1.90. The Morgan fingerprint density at radius 3 is 2.35 bits per heavy atom. The molecule has 0 spiro atoms. The minimum absolute atomic E-state index is 0.286. The Labute approximate surface area is 102 Å². The smallest absolute Gasteiger partial charge is 0.406 e. The molecule has 6 heteroatoms. The van der Waals surface area contributed by atoms with Gasteiger partial charge in [-0.15, -0.1) is 13.2 Å². The number of rotatable bonds is 2. The van der Waals surface area contributed by atoms with Crippen LogP contribution in [0.1, 0.15) is 12.8 Å². The standard InChI is InChI=1S/C11H11ClF3NO/c12-9-7-8(17-11(13,14)15)3-4-10(9)16-5-1-2-6-16/h3-4,7H,1-2,5-6H2. The van der Waals surface area contributed by atoms with Crippen LogP contribution in [0.15, 0.2) is 18.2 Å². The summed E-state index contributed by atoms with van der Waals surface area (Å²) in [6.45, 7) is 1.78. The summed E-state index contributed by atoms with van der Waals surface area (Å²) in [5.41, 5.74) is 0.763. The van der Waals surface area contributed by atoms with Gasteiger partial charge in [0.1, 0.15) is 5.75 Å². The molecule has 1 aromatic carbocycles.